The van der Waals surface area contributed by atoms with E-state index in [1.807, 2.05) is 0 Å². The van der Waals surface area contributed by atoms with Crippen molar-refractivity contribution in [3.05, 3.63) is 35.1 Å². The minimum atomic E-state index is -1.34. The predicted molar refractivity (Wildman–Crippen MR) is 126 cm³/mol. The maximum Gasteiger partial charge on any atom is 0.194 e. The van der Waals surface area contributed by atoms with Gasteiger partial charge in [-0.25, -0.2) is 13.2 Å². The molecule has 3 aliphatic carbocycles. The van der Waals surface area contributed by atoms with Crippen molar-refractivity contribution >= 4 is 0 Å². The minimum absolute atomic E-state index is 0.185. The largest absolute Gasteiger partial charge is 0.204 e. The third-order valence-electron chi connectivity index (χ3n) is 9.36. The molecule has 4 atom stereocenters. The van der Waals surface area contributed by atoms with Crippen LogP contribution < -0.4 is 0 Å². The normalized spacial score (nSPS) is 33.1. The molecule has 0 N–H and O–H groups in total. The molecular formula is C29H43F3. The average Bonchev–Trinajstić information content (AvgIpc) is 2.81. The average molecular weight is 449 g/mol. The fourth-order valence-electron chi connectivity index (χ4n) is 7.33. The molecule has 1 aromatic rings. The van der Waals surface area contributed by atoms with Crippen LogP contribution in [0, 0.1) is 47.0 Å². The van der Waals surface area contributed by atoms with Crippen molar-refractivity contribution in [1.82, 2.24) is 0 Å². The van der Waals surface area contributed by atoms with Gasteiger partial charge in [-0.1, -0.05) is 77.6 Å². The van der Waals surface area contributed by atoms with E-state index in [1.165, 1.54) is 95.6 Å². The highest BCUT2D eigenvalue weighted by Crippen LogP contribution is 2.49. The van der Waals surface area contributed by atoms with Gasteiger partial charge in [-0.3, -0.25) is 0 Å². The van der Waals surface area contributed by atoms with Crippen LogP contribution >= 0.6 is 0 Å². The van der Waals surface area contributed by atoms with Gasteiger partial charge in [0.15, 0.2) is 17.5 Å². The number of hydrogen-bond donors (Lipinski definition) is 0. The minimum Gasteiger partial charge on any atom is -0.204 e. The molecular weight excluding hydrogens is 405 g/mol. The first-order valence-electron chi connectivity index (χ1n) is 13.7. The van der Waals surface area contributed by atoms with E-state index >= 15 is 0 Å². The van der Waals surface area contributed by atoms with Gasteiger partial charge in [0, 0.05) is 0 Å². The summed E-state index contributed by atoms with van der Waals surface area (Å²) in [6.07, 6.45) is 21.4. The Morgan fingerprint density at radius 1 is 0.656 bits per heavy atom. The van der Waals surface area contributed by atoms with Crippen molar-refractivity contribution in [3.63, 3.8) is 0 Å². The number of unbranched alkanes of at least 4 members (excludes halogenated alkanes) is 2. The third kappa shape index (κ3) is 6.11. The fourth-order valence-corrected chi connectivity index (χ4v) is 7.33. The molecule has 3 fully saturated rings. The molecule has 0 heterocycles. The second kappa shape index (κ2) is 11.4. The third-order valence-corrected chi connectivity index (χ3v) is 9.36. The summed E-state index contributed by atoms with van der Waals surface area (Å²) in [6, 6.07) is 2.46. The molecule has 0 nitrogen and oxygen atoms in total. The molecule has 4 unspecified atom stereocenters. The van der Waals surface area contributed by atoms with Crippen molar-refractivity contribution < 1.29 is 13.2 Å². The molecule has 0 aromatic heterocycles. The summed E-state index contributed by atoms with van der Waals surface area (Å²) in [7, 11) is 0. The van der Waals surface area contributed by atoms with E-state index < -0.39 is 17.5 Å². The zero-order valence-corrected chi connectivity index (χ0v) is 20.1. The highest BCUT2D eigenvalue weighted by molar-refractivity contribution is 5.24. The lowest BCUT2D eigenvalue weighted by Crippen LogP contribution is -2.30. The Hall–Kier alpha value is -0.990. The molecule has 0 radical (unpaired) electrons. The van der Waals surface area contributed by atoms with Gasteiger partial charge in [-0.2, -0.15) is 0 Å². The van der Waals surface area contributed by atoms with Gasteiger partial charge in [0.2, 0.25) is 0 Å². The summed E-state index contributed by atoms with van der Waals surface area (Å²) in [5, 5.41) is 0. The Morgan fingerprint density at radius 3 is 1.91 bits per heavy atom. The molecule has 0 bridgehead atoms. The van der Waals surface area contributed by atoms with Gasteiger partial charge < -0.3 is 0 Å². The predicted octanol–water partition coefficient (Wildman–Crippen LogP) is 9.57. The first kappa shape index (κ1) is 24.1. The summed E-state index contributed by atoms with van der Waals surface area (Å²) in [4.78, 5) is 0. The lowest BCUT2D eigenvalue weighted by atomic mass is 9.63. The summed E-state index contributed by atoms with van der Waals surface area (Å²) in [5.74, 6) is 1.09. The SMILES string of the molecule is CCCCCC1CCC(CCC2CCC3CC(c4cc(F)c(F)c(F)c4)CCC3C2)CC1. The Bertz CT molecular complexity index is 698. The maximum absolute atomic E-state index is 13.7. The van der Waals surface area contributed by atoms with E-state index in [0.717, 1.165) is 42.9 Å². The van der Waals surface area contributed by atoms with Crippen molar-refractivity contribution in [3.8, 4) is 0 Å². The Labute approximate surface area is 193 Å². The second-order valence-corrected chi connectivity index (χ2v) is 11.5. The van der Waals surface area contributed by atoms with E-state index in [2.05, 4.69) is 6.92 Å². The van der Waals surface area contributed by atoms with E-state index in [1.54, 1.807) is 0 Å². The van der Waals surface area contributed by atoms with Gasteiger partial charge in [-0.05, 0) is 85.3 Å². The van der Waals surface area contributed by atoms with Gasteiger partial charge >= 0.3 is 0 Å². The molecule has 0 spiro atoms. The van der Waals surface area contributed by atoms with Gasteiger partial charge in [0.05, 0.1) is 0 Å². The Morgan fingerprint density at radius 2 is 1.22 bits per heavy atom. The van der Waals surface area contributed by atoms with Crippen LogP contribution in [0.15, 0.2) is 12.1 Å². The summed E-state index contributed by atoms with van der Waals surface area (Å²) in [6.45, 7) is 2.30. The summed E-state index contributed by atoms with van der Waals surface area (Å²) in [5.41, 5.74) is 0.660. The Kier molecular flexibility index (Phi) is 8.62. The first-order chi connectivity index (χ1) is 15.5. The zero-order valence-electron chi connectivity index (χ0n) is 20.1. The Balaban J connectivity index is 1.18. The van der Waals surface area contributed by atoms with E-state index in [4.69, 9.17) is 0 Å². The van der Waals surface area contributed by atoms with Crippen LogP contribution in [0.2, 0.25) is 0 Å². The lowest BCUT2D eigenvalue weighted by Gasteiger charge is -2.43. The monoisotopic (exact) mass is 448 g/mol. The molecule has 3 heteroatoms. The van der Waals surface area contributed by atoms with Gasteiger partial charge in [-0.15, -0.1) is 0 Å². The molecule has 4 rings (SSSR count). The van der Waals surface area contributed by atoms with E-state index in [9.17, 15) is 13.2 Å². The number of benzene rings is 1. The van der Waals surface area contributed by atoms with Crippen molar-refractivity contribution in [1.29, 1.82) is 0 Å². The smallest absolute Gasteiger partial charge is 0.194 e. The van der Waals surface area contributed by atoms with Crippen LogP contribution in [0.1, 0.15) is 121 Å². The molecule has 3 saturated carbocycles. The standard InChI is InChI=1S/C29H43F3/c1-2-3-4-5-20-6-8-21(9-7-20)10-11-22-12-13-24-17-25(15-14-23(24)16-22)26-18-27(30)29(32)28(31)19-26/h18-25H,2-17H2,1H3. The van der Waals surface area contributed by atoms with E-state index in [-0.39, 0.29) is 5.92 Å². The first-order valence-corrected chi connectivity index (χ1v) is 13.7. The quantitative estimate of drug-likeness (QED) is 0.274. The van der Waals surface area contributed by atoms with Crippen LogP contribution in [-0.4, -0.2) is 0 Å². The van der Waals surface area contributed by atoms with Crippen molar-refractivity contribution in [2.24, 2.45) is 29.6 Å². The van der Waals surface area contributed by atoms with Gasteiger partial charge in [0.1, 0.15) is 0 Å². The number of hydrogen-bond acceptors (Lipinski definition) is 0. The molecule has 32 heavy (non-hydrogen) atoms. The van der Waals surface area contributed by atoms with Crippen molar-refractivity contribution in [2.75, 3.05) is 0 Å². The van der Waals surface area contributed by atoms with Crippen LogP contribution in [0.5, 0.6) is 0 Å². The lowest BCUT2D eigenvalue weighted by molar-refractivity contribution is 0.108. The number of fused-ring (bicyclic) bond motifs is 1. The van der Waals surface area contributed by atoms with Crippen LogP contribution in [0.25, 0.3) is 0 Å². The summed E-state index contributed by atoms with van der Waals surface area (Å²) < 4.78 is 40.7. The number of rotatable bonds is 8. The van der Waals surface area contributed by atoms with Crippen LogP contribution in [0.4, 0.5) is 13.2 Å². The van der Waals surface area contributed by atoms with Crippen LogP contribution in [0.3, 0.4) is 0 Å². The zero-order chi connectivity index (χ0) is 22.5. The van der Waals surface area contributed by atoms with E-state index in [0.29, 0.717) is 11.5 Å². The topological polar surface area (TPSA) is 0 Å². The fraction of sp³-hybridized carbons (Fsp3) is 0.793. The summed E-state index contributed by atoms with van der Waals surface area (Å²) >= 11 is 0. The molecule has 1 aromatic carbocycles. The molecule has 180 valence electrons. The number of halogens is 3. The highest BCUT2D eigenvalue weighted by Gasteiger charge is 2.36. The van der Waals surface area contributed by atoms with Crippen molar-refractivity contribution in [2.45, 2.75) is 116 Å². The second-order valence-electron chi connectivity index (χ2n) is 11.5. The maximum atomic E-state index is 13.7. The van der Waals surface area contributed by atoms with Crippen LogP contribution in [-0.2, 0) is 0 Å². The van der Waals surface area contributed by atoms with Gasteiger partial charge in [0.25, 0.3) is 0 Å². The highest BCUT2D eigenvalue weighted by atomic mass is 19.2. The molecule has 0 saturated heterocycles. The molecule has 0 aliphatic heterocycles. The molecule has 3 aliphatic rings. The molecule has 0 amide bonds.